The average Bonchev–Trinajstić information content (AvgIpc) is 3.48. The van der Waals surface area contributed by atoms with Gasteiger partial charge in [-0.05, 0) is 24.3 Å². The molecule has 5 aromatic rings. The van der Waals surface area contributed by atoms with Crippen LogP contribution in [0.3, 0.4) is 0 Å². The van der Waals surface area contributed by atoms with E-state index in [4.69, 9.17) is 18.7 Å². The number of hydrogen-bond acceptors (Lipinski definition) is 9. The summed E-state index contributed by atoms with van der Waals surface area (Å²) < 4.78 is 23.9. The lowest BCUT2D eigenvalue weighted by atomic mass is 10.1. The fraction of sp³-hybridized carbons (Fsp3) is 0.174. The molecule has 0 bridgehead atoms. The SMILES string of the molecule is COc1cc(-c2noc(Cn3nc4ccc(-c5ccccc5)nn4c3=O)n2)cc(OC)c1OC. The molecule has 0 saturated carbocycles. The Morgan fingerprint density at radius 2 is 1.62 bits per heavy atom. The van der Waals surface area contributed by atoms with Gasteiger partial charge in [-0.2, -0.15) is 14.6 Å². The predicted octanol–water partition coefficient (Wildman–Crippen LogP) is 2.68. The van der Waals surface area contributed by atoms with Gasteiger partial charge in [0.15, 0.2) is 17.1 Å². The highest BCUT2D eigenvalue weighted by atomic mass is 16.5. The number of fused-ring (bicyclic) bond motifs is 1. The Hall–Kier alpha value is -4.67. The van der Waals surface area contributed by atoms with E-state index in [-0.39, 0.29) is 12.4 Å². The van der Waals surface area contributed by atoms with Gasteiger partial charge in [-0.15, -0.1) is 5.10 Å². The molecule has 11 heteroatoms. The van der Waals surface area contributed by atoms with Crippen LogP contribution >= 0.6 is 0 Å². The van der Waals surface area contributed by atoms with Crippen LogP contribution in [0, 0.1) is 0 Å². The van der Waals surface area contributed by atoms with Crippen molar-refractivity contribution < 1.29 is 18.7 Å². The molecule has 0 saturated heterocycles. The topological polar surface area (TPSA) is 119 Å². The van der Waals surface area contributed by atoms with Gasteiger partial charge in [-0.25, -0.2) is 9.48 Å². The number of nitrogens with zero attached hydrogens (tertiary/aromatic N) is 6. The molecule has 3 aromatic heterocycles. The lowest BCUT2D eigenvalue weighted by Gasteiger charge is -2.12. The van der Waals surface area contributed by atoms with Crippen LogP contribution in [0.15, 0.2) is 63.9 Å². The molecule has 34 heavy (non-hydrogen) atoms. The van der Waals surface area contributed by atoms with Crippen LogP contribution in [-0.2, 0) is 6.54 Å². The Balaban J connectivity index is 1.45. The summed E-state index contributed by atoms with van der Waals surface area (Å²) in [7, 11) is 4.57. The summed E-state index contributed by atoms with van der Waals surface area (Å²) in [4.78, 5) is 17.3. The third kappa shape index (κ3) is 3.72. The van der Waals surface area contributed by atoms with E-state index in [0.717, 1.165) is 5.56 Å². The third-order valence-electron chi connectivity index (χ3n) is 5.19. The molecule has 3 heterocycles. The molecule has 0 aliphatic heterocycles. The maximum Gasteiger partial charge on any atom is 0.367 e. The molecule has 5 rings (SSSR count). The summed E-state index contributed by atoms with van der Waals surface area (Å²) in [6, 6.07) is 16.6. The highest BCUT2D eigenvalue weighted by Crippen LogP contribution is 2.40. The molecule has 2 aromatic carbocycles. The molecular formula is C23H20N6O5. The molecule has 0 amide bonds. The van der Waals surface area contributed by atoms with Crippen molar-refractivity contribution in [1.82, 2.24) is 29.5 Å². The molecule has 11 nitrogen and oxygen atoms in total. The quantitative estimate of drug-likeness (QED) is 0.361. The number of rotatable bonds is 7. The third-order valence-corrected chi connectivity index (χ3v) is 5.19. The second-order valence-corrected chi connectivity index (χ2v) is 7.22. The summed E-state index contributed by atoms with van der Waals surface area (Å²) in [5.41, 5.74) is 2.16. The molecule has 0 spiro atoms. The van der Waals surface area contributed by atoms with Crippen molar-refractivity contribution in [3.8, 4) is 39.9 Å². The van der Waals surface area contributed by atoms with Crippen molar-refractivity contribution in [2.45, 2.75) is 6.54 Å². The van der Waals surface area contributed by atoms with Crippen LogP contribution in [0.25, 0.3) is 28.3 Å². The Bertz CT molecular complexity index is 1500. The van der Waals surface area contributed by atoms with Crippen LogP contribution in [0.4, 0.5) is 0 Å². The highest BCUT2D eigenvalue weighted by Gasteiger charge is 2.18. The number of methoxy groups -OCH3 is 3. The molecule has 0 aliphatic rings. The molecule has 0 unspecified atom stereocenters. The second-order valence-electron chi connectivity index (χ2n) is 7.22. The normalized spacial score (nSPS) is 11.0. The summed E-state index contributed by atoms with van der Waals surface area (Å²) >= 11 is 0. The molecular weight excluding hydrogens is 440 g/mol. The fourth-order valence-electron chi connectivity index (χ4n) is 3.55. The maximum absolute atomic E-state index is 12.9. The highest BCUT2D eigenvalue weighted by molar-refractivity contribution is 5.66. The first-order valence-electron chi connectivity index (χ1n) is 10.3. The minimum Gasteiger partial charge on any atom is -0.493 e. The molecule has 0 radical (unpaired) electrons. The second kappa shape index (κ2) is 8.70. The van der Waals surface area contributed by atoms with Crippen LogP contribution in [-0.4, -0.2) is 50.9 Å². The molecule has 0 aliphatic carbocycles. The average molecular weight is 460 g/mol. The van der Waals surface area contributed by atoms with Gasteiger partial charge in [-0.1, -0.05) is 35.5 Å². The zero-order chi connectivity index (χ0) is 23.7. The zero-order valence-electron chi connectivity index (χ0n) is 18.6. The van der Waals surface area contributed by atoms with Gasteiger partial charge in [0, 0.05) is 11.1 Å². The van der Waals surface area contributed by atoms with E-state index in [9.17, 15) is 4.79 Å². The largest absolute Gasteiger partial charge is 0.493 e. The van der Waals surface area contributed by atoms with Gasteiger partial charge >= 0.3 is 5.69 Å². The van der Waals surface area contributed by atoms with Gasteiger partial charge in [0.05, 0.1) is 27.0 Å². The molecule has 0 fully saturated rings. The lowest BCUT2D eigenvalue weighted by molar-refractivity contribution is 0.324. The van der Waals surface area contributed by atoms with Gasteiger partial charge in [0.1, 0.15) is 6.54 Å². The predicted molar refractivity (Wildman–Crippen MR) is 121 cm³/mol. The minimum atomic E-state index is -0.416. The van der Waals surface area contributed by atoms with Gasteiger partial charge in [0.25, 0.3) is 0 Å². The maximum atomic E-state index is 12.9. The molecule has 172 valence electrons. The summed E-state index contributed by atoms with van der Waals surface area (Å²) in [5, 5.41) is 12.8. The molecule has 0 atom stereocenters. The van der Waals surface area contributed by atoms with Gasteiger partial charge in [0.2, 0.25) is 17.5 Å². The van der Waals surface area contributed by atoms with E-state index < -0.39 is 5.69 Å². The Morgan fingerprint density at radius 3 is 2.29 bits per heavy atom. The van der Waals surface area contributed by atoms with E-state index in [1.54, 1.807) is 18.2 Å². The smallest absolute Gasteiger partial charge is 0.367 e. The first-order valence-corrected chi connectivity index (χ1v) is 10.3. The Kier molecular flexibility index (Phi) is 5.42. The Labute approximate surface area is 193 Å². The first-order chi connectivity index (χ1) is 16.6. The van der Waals surface area contributed by atoms with Crippen molar-refractivity contribution in [3.63, 3.8) is 0 Å². The van der Waals surface area contributed by atoms with Crippen molar-refractivity contribution in [2.24, 2.45) is 0 Å². The van der Waals surface area contributed by atoms with E-state index in [2.05, 4.69) is 20.3 Å². The lowest BCUT2D eigenvalue weighted by Crippen LogP contribution is -2.23. The van der Waals surface area contributed by atoms with Crippen LogP contribution < -0.4 is 19.9 Å². The zero-order valence-corrected chi connectivity index (χ0v) is 18.6. The van der Waals surface area contributed by atoms with Crippen molar-refractivity contribution in [2.75, 3.05) is 21.3 Å². The van der Waals surface area contributed by atoms with E-state index in [1.165, 1.54) is 30.5 Å². The summed E-state index contributed by atoms with van der Waals surface area (Å²) in [5.74, 6) is 1.88. The van der Waals surface area contributed by atoms with E-state index in [1.807, 2.05) is 36.4 Å². The monoisotopic (exact) mass is 460 g/mol. The standard InChI is InChI=1S/C23H20N6O5/c1-31-17-11-15(12-18(32-2)21(17)33-3)22-24-20(34-27-22)13-28-23(30)29-19(26-28)10-9-16(25-29)14-7-5-4-6-8-14/h4-12H,13H2,1-3H3. The number of benzene rings is 2. The van der Waals surface area contributed by atoms with E-state index >= 15 is 0 Å². The number of hydrogen-bond donors (Lipinski definition) is 0. The van der Waals surface area contributed by atoms with Crippen molar-refractivity contribution >= 4 is 5.65 Å². The van der Waals surface area contributed by atoms with Crippen LogP contribution in [0.1, 0.15) is 5.89 Å². The summed E-state index contributed by atoms with van der Waals surface area (Å²) in [6.45, 7) is -0.0136. The fourth-order valence-corrected chi connectivity index (χ4v) is 3.55. The first kappa shape index (κ1) is 21.2. The number of aromatic nitrogens is 6. The van der Waals surface area contributed by atoms with Crippen molar-refractivity contribution in [1.29, 1.82) is 0 Å². The van der Waals surface area contributed by atoms with Crippen LogP contribution in [0.5, 0.6) is 17.2 Å². The van der Waals surface area contributed by atoms with Gasteiger partial charge < -0.3 is 18.7 Å². The van der Waals surface area contributed by atoms with Gasteiger partial charge in [-0.3, -0.25) is 0 Å². The van der Waals surface area contributed by atoms with Crippen molar-refractivity contribution in [3.05, 3.63) is 71.0 Å². The molecule has 0 N–H and O–H groups in total. The Morgan fingerprint density at radius 1 is 0.882 bits per heavy atom. The summed E-state index contributed by atoms with van der Waals surface area (Å²) in [6.07, 6.45) is 0. The number of ether oxygens (including phenoxy) is 3. The van der Waals surface area contributed by atoms with Crippen LogP contribution in [0.2, 0.25) is 0 Å². The van der Waals surface area contributed by atoms with E-state index in [0.29, 0.717) is 40.0 Å². The minimum absolute atomic E-state index is 0.0136.